The average molecular weight is 263 g/mol. The Hall–Kier alpha value is -1.36. The maximum atomic E-state index is 4.73. The van der Waals surface area contributed by atoms with Gasteiger partial charge in [0.05, 0.1) is 0 Å². The van der Waals surface area contributed by atoms with Crippen molar-refractivity contribution < 1.29 is 0 Å². The molecule has 1 aromatic heterocycles. The maximum absolute atomic E-state index is 4.73. The first-order valence-electron chi connectivity index (χ1n) is 6.84. The predicted octanol–water partition coefficient (Wildman–Crippen LogP) is 1.30. The lowest BCUT2D eigenvalue weighted by atomic mass is 10.2. The van der Waals surface area contributed by atoms with Crippen LogP contribution in [-0.4, -0.2) is 62.2 Å². The van der Waals surface area contributed by atoms with Gasteiger partial charge in [0.1, 0.15) is 5.82 Å². The van der Waals surface area contributed by atoms with Crippen molar-refractivity contribution >= 4 is 11.8 Å². The van der Waals surface area contributed by atoms with Gasteiger partial charge in [0, 0.05) is 44.5 Å². The molecule has 0 N–H and O–H groups in total. The summed E-state index contributed by atoms with van der Waals surface area (Å²) in [6, 6.07) is 0.623. The molecule has 0 saturated carbocycles. The Morgan fingerprint density at radius 1 is 1.11 bits per heavy atom. The molecule has 0 spiro atoms. The minimum atomic E-state index is 0.623. The van der Waals surface area contributed by atoms with E-state index in [0.29, 0.717) is 6.04 Å². The van der Waals surface area contributed by atoms with E-state index in [0.717, 1.165) is 30.5 Å². The van der Waals surface area contributed by atoms with Crippen LogP contribution in [0.1, 0.15) is 17.7 Å². The van der Waals surface area contributed by atoms with Gasteiger partial charge in [-0.2, -0.15) is 4.98 Å². The number of hydrogen-bond acceptors (Lipinski definition) is 5. The highest BCUT2D eigenvalue weighted by Gasteiger charge is 2.26. The van der Waals surface area contributed by atoms with Gasteiger partial charge in [-0.1, -0.05) is 0 Å². The van der Waals surface area contributed by atoms with Gasteiger partial charge < -0.3 is 14.7 Å². The van der Waals surface area contributed by atoms with Gasteiger partial charge in [-0.05, 0) is 34.4 Å². The Morgan fingerprint density at radius 3 is 2.32 bits per heavy atom. The van der Waals surface area contributed by atoms with Gasteiger partial charge in [0.25, 0.3) is 0 Å². The topological polar surface area (TPSA) is 35.5 Å². The van der Waals surface area contributed by atoms with E-state index in [1.807, 2.05) is 19.0 Å². The van der Waals surface area contributed by atoms with Crippen molar-refractivity contribution in [1.29, 1.82) is 0 Å². The van der Waals surface area contributed by atoms with E-state index in [-0.39, 0.29) is 0 Å². The number of hydrogen-bond donors (Lipinski definition) is 0. The molecule has 0 bridgehead atoms. The number of aryl methyl sites for hydroxylation is 1. The van der Waals surface area contributed by atoms with Gasteiger partial charge >= 0.3 is 0 Å². The van der Waals surface area contributed by atoms with Gasteiger partial charge in [-0.15, -0.1) is 0 Å². The minimum Gasteiger partial charge on any atom is -0.355 e. The van der Waals surface area contributed by atoms with Crippen LogP contribution in [0.15, 0.2) is 0 Å². The van der Waals surface area contributed by atoms with Gasteiger partial charge in [-0.3, -0.25) is 0 Å². The van der Waals surface area contributed by atoms with Crippen LogP contribution in [0.4, 0.5) is 11.8 Å². The smallest absolute Gasteiger partial charge is 0.227 e. The van der Waals surface area contributed by atoms with Crippen molar-refractivity contribution in [2.24, 2.45) is 0 Å². The first kappa shape index (κ1) is 14.1. The van der Waals surface area contributed by atoms with Crippen molar-refractivity contribution in [2.45, 2.75) is 26.3 Å². The third kappa shape index (κ3) is 2.81. The SMILES string of the molecule is Cc1nc(N(C)C)nc(N2CC[C@@H](N(C)C)C2)c1C. The van der Waals surface area contributed by atoms with Crippen molar-refractivity contribution in [3.05, 3.63) is 11.3 Å². The lowest BCUT2D eigenvalue weighted by Gasteiger charge is -2.24. The zero-order valence-electron chi connectivity index (χ0n) is 12.9. The largest absolute Gasteiger partial charge is 0.355 e. The molecule has 106 valence electrons. The average Bonchev–Trinajstić information content (AvgIpc) is 2.81. The first-order valence-corrected chi connectivity index (χ1v) is 6.84. The van der Waals surface area contributed by atoms with E-state index in [2.05, 4.69) is 42.7 Å². The molecule has 0 amide bonds. The predicted molar refractivity (Wildman–Crippen MR) is 80.1 cm³/mol. The van der Waals surface area contributed by atoms with Crippen LogP contribution in [0.5, 0.6) is 0 Å². The van der Waals surface area contributed by atoms with E-state index >= 15 is 0 Å². The van der Waals surface area contributed by atoms with Crippen molar-refractivity contribution in [3.8, 4) is 0 Å². The summed E-state index contributed by atoms with van der Waals surface area (Å²) >= 11 is 0. The third-order valence-corrected chi connectivity index (χ3v) is 3.94. The fourth-order valence-corrected chi connectivity index (χ4v) is 2.46. The quantitative estimate of drug-likeness (QED) is 0.821. The van der Waals surface area contributed by atoms with Gasteiger partial charge in [0.2, 0.25) is 5.95 Å². The molecule has 1 fully saturated rings. The second-order valence-corrected chi connectivity index (χ2v) is 5.80. The van der Waals surface area contributed by atoms with Crippen LogP contribution in [0.2, 0.25) is 0 Å². The van der Waals surface area contributed by atoms with Crippen LogP contribution in [-0.2, 0) is 0 Å². The van der Waals surface area contributed by atoms with Gasteiger partial charge in [0.15, 0.2) is 0 Å². The van der Waals surface area contributed by atoms with E-state index in [9.17, 15) is 0 Å². The summed E-state index contributed by atoms with van der Waals surface area (Å²) in [5.74, 6) is 1.90. The summed E-state index contributed by atoms with van der Waals surface area (Å²) in [6.45, 7) is 6.31. The molecular weight excluding hydrogens is 238 g/mol. The number of rotatable bonds is 3. The summed E-state index contributed by atoms with van der Waals surface area (Å²) in [7, 11) is 8.27. The molecular formula is C14H25N5. The molecule has 1 atom stereocenters. The zero-order chi connectivity index (χ0) is 14.2. The molecule has 1 aromatic rings. The Morgan fingerprint density at radius 2 is 1.79 bits per heavy atom. The summed E-state index contributed by atoms with van der Waals surface area (Å²) < 4.78 is 0. The summed E-state index contributed by atoms with van der Waals surface area (Å²) in [4.78, 5) is 15.9. The second kappa shape index (κ2) is 5.33. The Bertz CT molecular complexity index is 455. The molecule has 1 saturated heterocycles. The lowest BCUT2D eigenvalue weighted by molar-refractivity contribution is 0.315. The molecule has 5 heteroatoms. The van der Waals surface area contributed by atoms with Crippen LogP contribution in [0, 0.1) is 13.8 Å². The monoisotopic (exact) mass is 263 g/mol. The fourth-order valence-electron chi connectivity index (χ4n) is 2.46. The van der Waals surface area contributed by atoms with Crippen LogP contribution >= 0.6 is 0 Å². The van der Waals surface area contributed by atoms with E-state index < -0.39 is 0 Å². The van der Waals surface area contributed by atoms with Crippen LogP contribution in [0.3, 0.4) is 0 Å². The van der Waals surface area contributed by atoms with Gasteiger partial charge in [-0.25, -0.2) is 4.98 Å². The molecule has 0 radical (unpaired) electrons. The van der Waals surface area contributed by atoms with E-state index in [1.54, 1.807) is 0 Å². The highest BCUT2D eigenvalue weighted by molar-refractivity contribution is 5.53. The molecule has 5 nitrogen and oxygen atoms in total. The minimum absolute atomic E-state index is 0.623. The Labute approximate surface area is 116 Å². The highest BCUT2D eigenvalue weighted by Crippen LogP contribution is 2.26. The molecule has 0 unspecified atom stereocenters. The highest BCUT2D eigenvalue weighted by atomic mass is 15.3. The molecule has 2 rings (SSSR count). The summed E-state index contributed by atoms with van der Waals surface area (Å²) in [6.07, 6.45) is 1.20. The normalized spacial score (nSPS) is 19.3. The number of nitrogens with zero attached hydrogens (tertiary/aromatic N) is 5. The Kier molecular flexibility index (Phi) is 3.94. The van der Waals surface area contributed by atoms with Crippen molar-refractivity contribution in [2.75, 3.05) is 51.1 Å². The number of aromatic nitrogens is 2. The second-order valence-electron chi connectivity index (χ2n) is 5.80. The number of likely N-dealkylation sites (N-methyl/N-ethyl adjacent to an activating group) is 1. The third-order valence-electron chi connectivity index (χ3n) is 3.94. The molecule has 19 heavy (non-hydrogen) atoms. The standard InChI is InChI=1S/C14H25N5/c1-10-11(2)15-14(18(5)6)16-13(10)19-8-7-12(9-19)17(3)4/h12H,7-9H2,1-6H3/t12-/m1/s1. The van der Waals surface area contributed by atoms with Crippen molar-refractivity contribution in [3.63, 3.8) is 0 Å². The molecule has 0 aromatic carbocycles. The zero-order valence-corrected chi connectivity index (χ0v) is 12.9. The summed E-state index contributed by atoms with van der Waals surface area (Å²) in [5, 5.41) is 0. The first-order chi connectivity index (χ1) is 8.90. The Balaban J connectivity index is 2.30. The molecule has 2 heterocycles. The maximum Gasteiger partial charge on any atom is 0.227 e. The van der Waals surface area contributed by atoms with Crippen LogP contribution < -0.4 is 9.80 Å². The molecule has 0 aliphatic carbocycles. The van der Waals surface area contributed by atoms with Crippen molar-refractivity contribution in [1.82, 2.24) is 14.9 Å². The van der Waals surface area contributed by atoms with Crippen LogP contribution in [0.25, 0.3) is 0 Å². The number of anilines is 2. The van der Waals surface area contributed by atoms with E-state index in [4.69, 9.17) is 4.98 Å². The molecule has 1 aliphatic rings. The lowest BCUT2D eigenvalue weighted by Crippen LogP contribution is -2.32. The molecule has 1 aliphatic heterocycles. The van der Waals surface area contributed by atoms with E-state index in [1.165, 1.54) is 12.0 Å². The summed E-state index contributed by atoms with van der Waals surface area (Å²) in [5.41, 5.74) is 2.27. The fraction of sp³-hybridized carbons (Fsp3) is 0.714.